The number of hydrogen-bond acceptors (Lipinski definition) is 4. The summed E-state index contributed by atoms with van der Waals surface area (Å²) in [6, 6.07) is 3.68. The van der Waals surface area contributed by atoms with Gasteiger partial charge in [0.15, 0.2) is 0 Å². The van der Waals surface area contributed by atoms with Crippen LogP contribution in [0, 0.1) is 0 Å². The number of aromatic nitrogens is 1. The van der Waals surface area contributed by atoms with Crippen molar-refractivity contribution in [3.63, 3.8) is 0 Å². The lowest BCUT2D eigenvalue weighted by molar-refractivity contribution is 0.0744. The van der Waals surface area contributed by atoms with Gasteiger partial charge in [0, 0.05) is 25.0 Å². The minimum absolute atomic E-state index is 0.0588. The summed E-state index contributed by atoms with van der Waals surface area (Å²) in [5.41, 5.74) is 6.19. The Morgan fingerprint density at radius 2 is 2.35 bits per heavy atom. The Kier molecular flexibility index (Phi) is 5.28. The predicted octanol–water partition coefficient (Wildman–Crippen LogP) is 1.88. The van der Waals surface area contributed by atoms with Gasteiger partial charge in [-0.05, 0) is 24.8 Å². The van der Waals surface area contributed by atoms with Gasteiger partial charge in [0.1, 0.15) is 5.82 Å². The van der Waals surface area contributed by atoms with Crippen molar-refractivity contribution in [1.82, 2.24) is 9.88 Å². The van der Waals surface area contributed by atoms with Gasteiger partial charge in [-0.15, -0.1) is 0 Å². The fraction of sp³-hybridized carbons (Fsp3) is 0.500. The number of rotatable bonds is 5. The number of thioether (sulfide) groups is 1. The first-order chi connectivity index (χ1) is 8.11. The lowest BCUT2D eigenvalue weighted by atomic mass is 10.1. The van der Waals surface area contributed by atoms with Crippen LogP contribution in [0.2, 0.25) is 0 Å². The molecule has 1 rings (SSSR count). The number of nitrogens with zero attached hydrogens (tertiary/aromatic N) is 2. The number of carbonyl (C=O) groups excluding carboxylic acids is 1. The van der Waals surface area contributed by atoms with Crippen molar-refractivity contribution in [2.45, 2.75) is 19.4 Å². The Hall–Kier alpha value is -1.23. The SMILES string of the molecule is CCC(CSC)N(C)C(=O)c1cccnc1N. The zero-order chi connectivity index (χ0) is 12.8. The molecule has 0 spiro atoms. The van der Waals surface area contributed by atoms with Gasteiger partial charge < -0.3 is 10.6 Å². The zero-order valence-corrected chi connectivity index (χ0v) is 11.3. The number of carbonyl (C=O) groups is 1. The van der Waals surface area contributed by atoms with E-state index >= 15 is 0 Å². The van der Waals surface area contributed by atoms with E-state index in [2.05, 4.69) is 11.9 Å². The Labute approximate surface area is 107 Å². The molecule has 0 aromatic carbocycles. The smallest absolute Gasteiger partial charge is 0.257 e. The van der Waals surface area contributed by atoms with Crippen molar-refractivity contribution < 1.29 is 4.79 Å². The maximum Gasteiger partial charge on any atom is 0.257 e. The Balaban J connectivity index is 2.85. The van der Waals surface area contributed by atoms with E-state index in [4.69, 9.17) is 5.73 Å². The lowest BCUT2D eigenvalue weighted by Gasteiger charge is -2.27. The van der Waals surface area contributed by atoms with Crippen molar-refractivity contribution >= 4 is 23.5 Å². The van der Waals surface area contributed by atoms with E-state index in [1.54, 1.807) is 35.0 Å². The fourth-order valence-corrected chi connectivity index (χ4v) is 2.49. The van der Waals surface area contributed by atoms with Crippen LogP contribution in [-0.4, -0.2) is 40.9 Å². The third-order valence-corrected chi connectivity index (χ3v) is 3.49. The molecule has 94 valence electrons. The number of hydrogen-bond donors (Lipinski definition) is 1. The molecule has 17 heavy (non-hydrogen) atoms. The number of pyridine rings is 1. The highest BCUT2D eigenvalue weighted by molar-refractivity contribution is 7.98. The van der Waals surface area contributed by atoms with Crippen molar-refractivity contribution in [2.75, 3.05) is 24.8 Å². The molecule has 0 aliphatic rings. The Morgan fingerprint density at radius 3 is 2.88 bits per heavy atom. The van der Waals surface area contributed by atoms with Gasteiger partial charge >= 0.3 is 0 Å². The number of nitrogen functional groups attached to an aromatic ring is 1. The summed E-state index contributed by atoms with van der Waals surface area (Å²) in [6.45, 7) is 2.08. The standard InChI is InChI=1S/C12H19N3OS/c1-4-9(8-17-3)15(2)12(16)10-6-5-7-14-11(10)13/h5-7,9H,4,8H2,1-3H3,(H2,13,14). The van der Waals surface area contributed by atoms with E-state index in [1.165, 1.54) is 0 Å². The molecule has 0 aliphatic carbocycles. The molecular weight excluding hydrogens is 234 g/mol. The van der Waals surface area contributed by atoms with Crippen LogP contribution in [0.25, 0.3) is 0 Å². The molecule has 0 saturated heterocycles. The molecule has 1 aromatic heterocycles. The average molecular weight is 253 g/mol. The van der Waals surface area contributed by atoms with Crippen molar-refractivity contribution in [3.05, 3.63) is 23.9 Å². The third kappa shape index (κ3) is 3.36. The van der Waals surface area contributed by atoms with Crippen LogP contribution < -0.4 is 5.73 Å². The maximum atomic E-state index is 12.2. The number of nitrogens with two attached hydrogens (primary N) is 1. The van der Waals surface area contributed by atoms with Gasteiger partial charge in [-0.2, -0.15) is 11.8 Å². The average Bonchev–Trinajstić information content (AvgIpc) is 2.35. The fourth-order valence-electron chi connectivity index (χ4n) is 1.65. The van der Waals surface area contributed by atoms with E-state index in [0.717, 1.165) is 12.2 Å². The topological polar surface area (TPSA) is 59.2 Å². The van der Waals surface area contributed by atoms with Crippen LogP contribution in [0.5, 0.6) is 0 Å². The zero-order valence-electron chi connectivity index (χ0n) is 10.5. The molecule has 0 bridgehead atoms. The summed E-state index contributed by atoms with van der Waals surface area (Å²) >= 11 is 1.74. The quantitative estimate of drug-likeness (QED) is 0.870. The Bertz CT molecular complexity index is 384. The summed E-state index contributed by atoms with van der Waals surface area (Å²) in [6.07, 6.45) is 4.56. The summed E-state index contributed by atoms with van der Waals surface area (Å²) in [5.74, 6) is 1.17. The van der Waals surface area contributed by atoms with Crippen LogP contribution in [0.1, 0.15) is 23.7 Å². The predicted molar refractivity (Wildman–Crippen MR) is 73.2 cm³/mol. The second-order valence-electron chi connectivity index (χ2n) is 3.87. The molecule has 1 amide bonds. The molecule has 0 radical (unpaired) electrons. The molecule has 1 heterocycles. The molecule has 1 aromatic rings. The van der Waals surface area contributed by atoms with Crippen molar-refractivity contribution in [3.8, 4) is 0 Å². The third-order valence-electron chi connectivity index (χ3n) is 2.77. The first-order valence-electron chi connectivity index (χ1n) is 5.58. The van der Waals surface area contributed by atoms with E-state index in [9.17, 15) is 4.79 Å². The number of amides is 1. The van der Waals surface area contributed by atoms with E-state index < -0.39 is 0 Å². The van der Waals surface area contributed by atoms with E-state index in [0.29, 0.717) is 11.4 Å². The molecule has 4 nitrogen and oxygen atoms in total. The molecule has 1 atom stereocenters. The molecule has 0 aliphatic heterocycles. The van der Waals surface area contributed by atoms with Crippen molar-refractivity contribution in [2.24, 2.45) is 0 Å². The summed E-state index contributed by atoms with van der Waals surface area (Å²) < 4.78 is 0. The van der Waals surface area contributed by atoms with E-state index in [-0.39, 0.29) is 11.9 Å². The maximum absolute atomic E-state index is 12.2. The Morgan fingerprint density at radius 1 is 1.65 bits per heavy atom. The number of anilines is 1. The highest BCUT2D eigenvalue weighted by Crippen LogP contribution is 2.15. The second kappa shape index (κ2) is 6.49. The van der Waals surface area contributed by atoms with E-state index in [1.807, 2.05) is 13.3 Å². The minimum atomic E-state index is -0.0588. The molecule has 2 N–H and O–H groups in total. The highest BCUT2D eigenvalue weighted by atomic mass is 32.2. The summed E-state index contributed by atoms with van der Waals surface area (Å²) in [5, 5.41) is 0. The van der Waals surface area contributed by atoms with Gasteiger partial charge in [-0.1, -0.05) is 6.92 Å². The normalized spacial score (nSPS) is 12.2. The lowest BCUT2D eigenvalue weighted by Crippen LogP contribution is -2.38. The first-order valence-corrected chi connectivity index (χ1v) is 6.97. The summed E-state index contributed by atoms with van der Waals surface area (Å²) in [7, 11) is 1.82. The van der Waals surface area contributed by atoms with Gasteiger partial charge in [0.25, 0.3) is 5.91 Å². The van der Waals surface area contributed by atoms with Gasteiger partial charge in [-0.25, -0.2) is 4.98 Å². The minimum Gasteiger partial charge on any atom is -0.383 e. The van der Waals surface area contributed by atoms with Crippen LogP contribution in [0.3, 0.4) is 0 Å². The largest absolute Gasteiger partial charge is 0.383 e. The van der Waals surface area contributed by atoms with Crippen LogP contribution >= 0.6 is 11.8 Å². The van der Waals surface area contributed by atoms with Crippen LogP contribution in [0.4, 0.5) is 5.82 Å². The van der Waals surface area contributed by atoms with Crippen LogP contribution in [-0.2, 0) is 0 Å². The molecule has 0 fully saturated rings. The molecule has 5 heteroatoms. The highest BCUT2D eigenvalue weighted by Gasteiger charge is 2.21. The van der Waals surface area contributed by atoms with Gasteiger partial charge in [-0.3, -0.25) is 4.79 Å². The molecular formula is C12H19N3OS. The van der Waals surface area contributed by atoms with Crippen LogP contribution in [0.15, 0.2) is 18.3 Å². The second-order valence-corrected chi connectivity index (χ2v) is 4.78. The molecule has 1 unspecified atom stereocenters. The van der Waals surface area contributed by atoms with Crippen molar-refractivity contribution in [1.29, 1.82) is 0 Å². The monoisotopic (exact) mass is 253 g/mol. The summed E-state index contributed by atoms with van der Waals surface area (Å²) in [4.78, 5) is 17.9. The van der Waals surface area contributed by atoms with Gasteiger partial charge in [0.2, 0.25) is 0 Å². The van der Waals surface area contributed by atoms with Gasteiger partial charge in [0.05, 0.1) is 5.56 Å². The first kappa shape index (κ1) is 13.8. The molecule has 0 saturated carbocycles.